The lowest BCUT2D eigenvalue weighted by Gasteiger charge is -2.18. The Labute approximate surface area is 113 Å². The fourth-order valence-corrected chi connectivity index (χ4v) is 1.78. The van der Waals surface area contributed by atoms with Gasteiger partial charge in [-0.15, -0.1) is 0 Å². The van der Waals surface area contributed by atoms with E-state index in [1.807, 2.05) is 38.6 Å². The zero-order chi connectivity index (χ0) is 13.5. The molecule has 0 aliphatic heterocycles. The van der Waals surface area contributed by atoms with E-state index in [4.69, 9.17) is 0 Å². The molecule has 0 radical (unpaired) electrons. The maximum atomic E-state index is 4.29. The second-order valence-corrected chi connectivity index (χ2v) is 4.36. The Morgan fingerprint density at radius 1 is 1.37 bits per heavy atom. The average molecular weight is 260 g/mol. The standard InChI is InChI=1S/C13H20N6/c1-14-5-3-7-19(2)13-8-12(16-10-17-13)18-11-4-6-15-9-11/h4,6,8-10,14-15H,3,5,7H2,1-2H3,(H,16,17,18). The first-order valence-electron chi connectivity index (χ1n) is 6.37. The number of nitrogens with zero attached hydrogens (tertiary/aromatic N) is 3. The summed E-state index contributed by atoms with van der Waals surface area (Å²) in [6.07, 6.45) is 6.42. The number of rotatable bonds is 7. The van der Waals surface area contributed by atoms with Gasteiger partial charge < -0.3 is 20.5 Å². The van der Waals surface area contributed by atoms with Gasteiger partial charge >= 0.3 is 0 Å². The molecular weight excluding hydrogens is 240 g/mol. The minimum absolute atomic E-state index is 0.796. The predicted molar refractivity (Wildman–Crippen MR) is 77.9 cm³/mol. The van der Waals surface area contributed by atoms with Crippen molar-refractivity contribution in [1.29, 1.82) is 0 Å². The normalized spacial score (nSPS) is 10.4. The molecule has 0 unspecified atom stereocenters. The maximum Gasteiger partial charge on any atom is 0.135 e. The highest BCUT2D eigenvalue weighted by atomic mass is 15.2. The monoisotopic (exact) mass is 260 g/mol. The van der Waals surface area contributed by atoms with Crippen LogP contribution in [0.25, 0.3) is 0 Å². The molecule has 0 spiro atoms. The Bertz CT molecular complexity index is 482. The van der Waals surface area contributed by atoms with Crippen LogP contribution >= 0.6 is 0 Å². The van der Waals surface area contributed by atoms with E-state index in [9.17, 15) is 0 Å². The van der Waals surface area contributed by atoms with Gasteiger partial charge in [-0.2, -0.15) is 0 Å². The summed E-state index contributed by atoms with van der Waals surface area (Å²) in [4.78, 5) is 13.6. The van der Waals surface area contributed by atoms with Crippen LogP contribution in [-0.2, 0) is 0 Å². The van der Waals surface area contributed by atoms with Crippen molar-refractivity contribution in [2.24, 2.45) is 0 Å². The lowest BCUT2D eigenvalue weighted by molar-refractivity contribution is 0.709. The van der Waals surface area contributed by atoms with Crippen molar-refractivity contribution in [3.63, 3.8) is 0 Å². The third-order valence-electron chi connectivity index (χ3n) is 2.83. The molecule has 102 valence electrons. The van der Waals surface area contributed by atoms with E-state index in [1.165, 1.54) is 0 Å². The third-order valence-corrected chi connectivity index (χ3v) is 2.83. The Kier molecular flexibility index (Phi) is 4.74. The molecule has 6 heteroatoms. The fraction of sp³-hybridized carbons (Fsp3) is 0.385. The molecular formula is C13H20N6. The van der Waals surface area contributed by atoms with Gasteiger partial charge in [0, 0.05) is 32.1 Å². The zero-order valence-electron chi connectivity index (χ0n) is 11.3. The lowest BCUT2D eigenvalue weighted by Crippen LogP contribution is -2.23. The van der Waals surface area contributed by atoms with Gasteiger partial charge in [0.2, 0.25) is 0 Å². The van der Waals surface area contributed by atoms with Gasteiger partial charge in [-0.05, 0) is 26.1 Å². The summed E-state index contributed by atoms with van der Waals surface area (Å²) in [7, 11) is 4.00. The molecule has 2 heterocycles. The first kappa shape index (κ1) is 13.4. The number of hydrogen-bond donors (Lipinski definition) is 3. The van der Waals surface area contributed by atoms with Crippen LogP contribution in [0.2, 0.25) is 0 Å². The molecule has 0 fully saturated rings. The van der Waals surface area contributed by atoms with Crippen molar-refractivity contribution >= 4 is 17.3 Å². The van der Waals surface area contributed by atoms with Gasteiger partial charge in [-0.1, -0.05) is 0 Å². The molecule has 0 saturated heterocycles. The second kappa shape index (κ2) is 6.75. The summed E-state index contributed by atoms with van der Waals surface area (Å²) >= 11 is 0. The van der Waals surface area contributed by atoms with Crippen LogP contribution in [0.4, 0.5) is 17.3 Å². The van der Waals surface area contributed by atoms with Gasteiger partial charge in [0.15, 0.2) is 0 Å². The summed E-state index contributed by atoms with van der Waals surface area (Å²) < 4.78 is 0. The highest BCUT2D eigenvalue weighted by Crippen LogP contribution is 2.17. The average Bonchev–Trinajstić information content (AvgIpc) is 2.92. The predicted octanol–water partition coefficient (Wildman–Crippen LogP) is 1.59. The molecule has 0 amide bonds. The van der Waals surface area contributed by atoms with E-state index in [2.05, 4.69) is 30.5 Å². The van der Waals surface area contributed by atoms with Gasteiger partial charge in [0.05, 0.1) is 5.69 Å². The SMILES string of the molecule is CNCCCN(C)c1cc(Nc2cc[nH]c2)ncn1. The van der Waals surface area contributed by atoms with Crippen LogP contribution < -0.4 is 15.5 Å². The van der Waals surface area contributed by atoms with Crippen molar-refractivity contribution in [3.05, 3.63) is 30.9 Å². The molecule has 0 aliphatic carbocycles. The van der Waals surface area contributed by atoms with Gasteiger partial charge in [0.1, 0.15) is 18.0 Å². The summed E-state index contributed by atoms with van der Waals surface area (Å²) in [6, 6.07) is 3.91. The van der Waals surface area contributed by atoms with Crippen molar-refractivity contribution in [3.8, 4) is 0 Å². The molecule has 2 rings (SSSR count). The van der Waals surface area contributed by atoms with Crippen molar-refractivity contribution in [2.45, 2.75) is 6.42 Å². The van der Waals surface area contributed by atoms with Crippen LogP contribution in [0.3, 0.4) is 0 Å². The highest BCUT2D eigenvalue weighted by molar-refractivity contribution is 5.58. The lowest BCUT2D eigenvalue weighted by atomic mass is 10.3. The van der Waals surface area contributed by atoms with Crippen LogP contribution in [-0.4, -0.2) is 42.1 Å². The molecule has 0 aromatic carbocycles. The quantitative estimate of drug-likeness (QED) is 0.660. The van der Waals surface area contributed by atoms with Crippen LogP contribution in [0.1, 0.15) is 6.42 Å². The van der Waals surface area contributed by atoms with E-state index in [0.29, 0.717) is 0 Å². The summed E-state index contributed by atoms with van der Waals surface area (Å²) in [5, 5.41) is 6.37. The van der Waals surface area contributed by atoms with Crippen LogP contribution in [0.15, 0.2) is 30.9 Å². The minimum atomic E-state index is 0.796. The number of H-pyrrole nitrogens is 1. The molecule has 0 atom stereocenters. The first-order chi connectivity index (χ1) is 9.29. The molecule has 2 aromatic rings. The fourth-order valence-electron chi connectivity index (χ4n) is 1.78. The third kappa shape index (κ3) is 3.96. The van der Waals surface area contributed by atoms with Gasteiger partial charge in [-0.25, -0.2) is 9.97 Å². The molecule has 6 nitrogen and oxygen atoms in total. The topological polar surface area (TPSA) is 68.9 Å². The van der Waals surface area contributed by atoms with Crippen LogP contribution in [0, 0.1) is 0 Å². The van der Waals surface area contributed by atoms with Gasteiger partial charge in [-0.3, -0.25) is 0 Å². The zero-order valence-corrected chi connectivity index (χ0v) is 11.3. The first-order valence-corrected chi connectivity index (χ1v) is 6.37. The summed E-state index contributed by atoms with van der Waals surface area (Å²) in [6.45, 7) is 1.96. The Balaban J connectivity index is 1.98. The van der Waals surface area contributed by atoms with E-state index < -0.39 is 0 Å². The van der Waals surface area contributed by atoms with Crippen molar-refractivity contribution in [1.82, 2.24) is 20.3 Å². The minimum Gasteiger partial charge on any atom is -0.366 e. The highest BCUT2D eigenvalue weighted by Gasteiger charge is 2.04. The van der Waals surface area contributed by atoms with Crippen LogP contribution in [0.5, 0.6) is 0 Å². The van der Waals surface area contributed by atoms with Crippen molar-refractivity contribution < 1.29 is 0 Å². The van der Waals surface area contributed by atoms with Gasteiger partial charge in [0.25, 0.3) is 0 Å². The smallest absolute Gasteiger partial charge is 0.135 e. The van der Waals surface area contributed by atoms with Crippen molar-refractivity contribution in [2.75, 3.05) is 37.4 Å². The largest absolute Gasteiger partial charge is 0.366 e. The molecule has 3 N–H and O–H groups in total. The molecule has 19 heavy (non-hydrogen) atoms. The number of aromatic nitrogens is 3. The Morgan fingerprint density at radius 2 is 2.26 bits per heavy atom. The summed E-state index contributed by atoms with van der Waals surface area (Å²) in [5.74, 6) is 1.72. The van der Waals surface area contributed by atoms with E-state index >= 15 is 0 Å². The Hall–Kier alpha value is -2.08. The second-order valence-electron chi connectivity index (χ2n) is 4.36. The van der Waals surface area contributed by atoms with E-state index in [1.54, 1.807) is 6.33 Å². The number of aromatic amines is 1. The van der Waals surface area contributed by atoms with E-state index in [-0.39, 0.29) is 0 Å². The molecule has 0 aliphatic rings. The number of nitrogens with one attached hydrogen (secondary N) is 3. The maximum absolute atomic E-state index is 4.29. The number of anilines is 3. The summed E-state index contributed by atoms with van der Waals surface area (Å²) in [5.41, 5.74) is 0.988. The molecule has 0 saturated carbocycles. The Morgan fingerprint density at radius 3 is 3.00 bits per heavy atom. The molecule has 0 bridgehead atoms. The van der Waals surface area contributed by atoms with E-state index in [0.717, 1.165) is 36.8 Å². The number of hydrogen-bond acceptors (Lipinski definition) is 5. The molecule has 2 aromatic heterocycles.